The van der Waals surface area contributed by atoms with Gasteiger partial charge in [-0.25, -0.2) is 9.97 Å². The van der Waals surface area contributed by atoms with Crippen molar-refractivity contribution >= 4 is 17.4 Å². The van der Waals surface area contributed by atoms with Crippen molar-refractivity contribution in [3.63, 3.8) is 0 Å². The molecule has 1 aromatic heterocycles. The van der Waals surface area contributed by atoms with Gasteiger partial charge in [-0.15, -0.1) is 0 Å². The number of carbonyl (C=O) groups excluding carboxylic acids is 1. The Kier molecular flexibility index (Phi) is 4.63. The molecule has 0 aliphatic carbocycles. The second-order valence-corrected chi connectivity index (χ2v) is 5.48. The summed E-state index contributed by atoms with van der Waals surface area (Å²) in [5.74, 6) is 0.624. The Bertz CT molecular complexity index is 604. The van der Waals surface area contributed by atoms with E-state index in [1.807, 2.05) is 35.2 Å². The van der Waals surface area contributed by atoms with Crippen LogP contribution in [-0.4, -0.2) is 33.9 Å². The maximum Gasteiger partial charge on any atom is 0.274 e. The van der Waals surface area contributed by atoms with Crippen molar-refractivity contribution < 1.29 is 4.79 Å². The second kappa shape index (κ2) is 7.02. The third-order valence-corrected chi connectivity index (χ3v) is 3.81. The molecule has 1 fully saturated rings. The predicted octanol–water partition coefficient (Wildman–Crippen LogP) is 3.24. The summed E-state index contributed by atoms with van der Waals surface area (Å²) in [5.41, 5.74) is 1.36. The summed E-state index contributed by atoms with van der Waals surface area (Å²) in [6.07, 6.45) is 7.72. The molecule has 5 heteroatoms. The van der Waals surface area contributed by atoms with Crippen LogP contribution in [0.2, 0.25) is 0 Å². The fourth-order valence-corrected chi connectivity index (χ4v) is 2.61. The molecule has 0 radical (unpaired) electrons. The molecular formula is C17H20N4O. The molecule has 0 spiro atoms. The quantitative estimate of drug-likeness (QED) is 0.944. The largest absolute Gasteiger partial charge is 0.339 e. The molecule has 0 saturated carbocycles. The van der Waals surface area contributed by atoms with E-state index in [0.29, 0.717) is 11.5 Å². The van der Waals surface area contributed by atoms with Gasteiger partial charge in [0, 0.05) is 18.8 Å². The van der Waals surface area contributed by atoms with Gasteiger partial charge in [0.1, 0.15) is 11.5 Å². The molecule has 5 nitrogen and oxygen atoms in total. The average molecular weight is 296 g/mol. The summed E-state index contributed by atoms with van der Waals surface area (Å²) in [6.45, 7) is 1.65. The lowest BCUT2D eigenvalue weighted by Gasteiger charge is -2.19. The predicted molar refractivity (Wildman–Crippen MR) is 86.1 cm³/mol. The summed E-state index contributed by atoms with van der Waals surface area (Å²) in [5, 5.41) is 3.16. The van der Waals surface area contributed by atoms with E-state index in [0.717, 1.165) is 31.6 Å². The highest BCUT2D eigenvalue weighted by atomic mass is 16.2. The molecule has 1 N–H and O–H groups in total. The molecule has 0 atom stereocenters. The van der Waals surface area contributed by atoms with Crippen molar-refractivity contribution in [3.05, 3.63) is 48.4 Å². The number of nitrogens with zero attached hydrogens (tertiary/aromatic N) is 3. The summed E-state index contributed by atoms with van der Waals surface area (Å²) >= 11 is 0. The number of aromatic nitrogens is 2. The number of rotatable bonds is 3. The monoisotopic (exact) mass is 296 g/mol. The zero-order valence-corrected chi connectivity index (χ0v) is 12.5. The van der Waals surface area contributed by atoms with Crippen LogP contribution in [0.3, 0.4) is 0 Å². The van der Waals surface area contributed by atoms with Crippen LogP contribution in [0.4, 0.5) is 11.5 Å². The zero-order chi connectivity index (χ0) is 15.2. The van der Waals surface area contributed by atoms with E-state index in [2.05, 4.69) is 15.3 Å². The third-order valence-electron chi connectivity index (χ3n) is 3.81. The molecule has 2 heterocycles. The molecule has 0 unspecified atom stereocenters. The second-order valence-electron chi connectivity index (χ2n) is 5.48. The van der Waals surface area contributed by atoms with E-state index in [1.165, 1.54) is 12.8 Å². The van der Waals surface area contributed by atoms with E-state index in [4.69, 9.17) is 0 Å². The minimum absolute atomic E-state index is 0.0133. The molecule has 3 rings (SSSR count). The maximum absolute atomic E-state index is 12.4. The smallest absolute Gasteiger partial charge is 0.274 e. The number of para-hydroxylation sites is 1. The van der Waals surface area contributed by atoms with Gasteiger partial charge >= 0.3 is 0 Å². The Morgan fingerprint density at radius 2 is 1.68 bits per heavy atom. The molecule has 1 amide bonds. The summed E-state index contributed by atoms with van der Waals surface area (Å²) in [7, 11) is 0. The van der Waals surface area contributed by atoms with Gasteiger partial charge < -0.3 is 10.2 Å². The van der Waals surface area contributed by atoms with Gasteiger partial charge in [-0.3, -0.25) is 4.79 Å². The number of carbonyl (C=O) groups is 1. The third kappa shape index (κ3) is 3.61. The molecule has 1 aliphatic heterocycles. The standard InChI is InChI=1S/C17H20N4O/c22-17(21-10-6-1-2-7-11-21)15-12-19-16(13-18-15)20-14-8-4-3-5-9-14/h3-5,8-9,12-13H,1-2,6-7,10-11H2,(H,19,20). The number of nitrogens with one attached hydrogen (secondary N) is 1. The highest BCUT2D eigenvalue weighted by Crippen LogP contribution is 2.15. The van der Waals surface area contributed by atoms with Gasteiger partial charge in [0.25, 0.3) is 5.91 Å². The minimum Gasteiger partial charge on any atom is -0.339 e. The van der Waals surface area contributed by atoms with Crippen LogP contribution in [0.5, 0.6) is 0 Å². The van der Waals surface area contributed by atoms with E-state index in [1.54, 1.807) is 12.4 Å². The lowest BCUT2D eigenvalue weighted by molar-refractivity contribution is 0.0755. The van der Waals surface area contributed by atoms with Gasteiger partial charge in [0.2, 0.25) is 0 Å². The molecule has 1 aromatic carbocycles. The van der Waals surface area contributed by atoms with Crippen LogP contribution >= 0.6 is 0 Å². The SMILES string of the molecule is O=C(c1cnc(Nc2ccccc2)cn1)N1CCCCCC1. The van der Waals surface area contributed by atoms with Gasteiger partial charge in [-0.2, -0.15) is 0 Å². The number of benzene rings is 1. The van der Waals surface area contributed by atoms with Crippen molar-refractivity contribution in [1.82, 2.24) is 14.9 Å². The Morgan fingerprint density at radius 1 is 0.955 bits per heavy atom. The van der Waals surface area contributed by atoms with E-state index >= 15 is 0 Å². The number of amides is 1. The molecular weight excluding hydrogens is 276 g/mol. The zero-order valence-electron chi connectivity index (χ0n) is 12.5. The van der Waals surface area contributed by atoms with Gasteiger partial charge in [-0.1, -0.05) is 31.0 Å². The summed E-state index contributed by atoms with van der Waals surface area (Å²) in [6, 6.07) is 9.77. The van der Waals surface area contributed by atoms with Crippen LogP contribution < -0.4 is 5.32 Å². The fraction of sp³-hybridized carbons (Fsp3) is 0.353. The normalized spacial score (nSPS) is 15.2. The number of hydrogen-bond acceptors (Lipinski definition) is 4. The Balaban J connectivity index is 1.66. The first-order valence-electron chi connectivity index (χ1n) is 7.76. The number of likely N-dealkylation sites (tertiary alicyclic amines) is 1. The molecule has 0 bridgehead atoms. The first-order chi connectivity index (χ1) is 10.8. The lowest BCUT2D eigenvalue weighted by atomic mass is 10.2. The van der Waals surface area contributed by atoms with Crippen LogP contribution in [0.25, 0.3) is 0 Å². The van der Waals surface area contributed by atoms with Crippen LogP contribution in [-0.2, 0) is 0 Å². The van der Waals surface area contributed by atoms with Crippen LogP contribution in [0.1, 0.15) is 36.2 Å². The summed E-state index contributed by atoms with van der Waals surface area (Å²) in [4.78, 5) is 22.9. The fourth-order valence-electron chi connectivity index (χ4n) is 2.61. The topological polar surface area (TPSA) is 58.1 Å². The first kappa shape index (κ1) is 14.5. The number of hydrogen-bond donors (Lipinski definition) is 1. The van der Waals surface area contributed by atoms with Crippen molar-refractivity contribution in [2.45, 2.75) is 25.7 Å². The van der Waals surface area contributed by atoms with Crippen molar-refractivity contribution in [2.24, 2.45) is 0 Å². The van der Waals surface area contributed by atoms with Crippen molar-refractivity contribution in [3.8, 4) is 0 Å². The highest BCUT2D eigenvalue weighted by molar-refractivity contribution is 5.92. The van der Waals surface area contributed by atoms with Gasteiger partial charge in [0.15, 0.2) is 0 Å². The average Bonchev–Trinajstić information content (AvgIpc) is 2.85. The summed E-state index contributed by atoms with van der Waals surface area (Å²) < 4.78 is 0. The van der Waals surface area contributed by atoms with E-state index in [-0.39, 0.29) is 5.91 Å². The number of anilines is 2. The van der Waals surface area contributed by atoms with Crippen LogP contribution in [0, 0.1) is 0 Å². The van der Waals surface area contributed by atoms with Gasteiger partial charge in [0.05, 0.1) is 12.4 Å². The van der Waals surface area contributed by atoms with Crippen molar-refractivity contribution in [1.29, 1.82) is 0 Å². The Labute approximate surface area is 130 Å². The van der Waals surface area contributed by atoms with Crippen LogP contribution in [0.15, 0.2) is 42.7 Å². The Morgan fingerprint density at radius 3 is 2.32 bits per heavy atom. The first-order valence-corrected chi connectivity index (χ1v) is 7.76. The van der Waals surface area contributed by atoms with Crippen molar-refractivity contribution in [2.75, 3.05) is 18.4 Å². The molecule has 1 saturated heterocycles. The lowest BCUT2D eigenvalue weighted by Crippen LogP contribution is -2.32. The van der Waals surface area contributed by atoms with Gasteiger partial charge in [-0.05, 0) is 25.0 Å². The molecule has 114 valence electrons. The molecule has 2 aromatic rings. The van der Waals surface area contributed by atoms with E-state index < -0.39 is 0 Å². The minimum atomic E-state index is -0.0133. The highest BCUT2D eigenvalue weighted by Gasteiger charge is 2.18. The molecule has 1 aliphatic rings. The van der Waals surface area contributed by atoms with E-state index in [9.17, 15) is 4.79 Å². The Hall–Kier alpha value is -2.43. The molecule has 22 heavy (non-hydrogen) atoms. The maximum atomic E-state index is 12.4.